The first-order chi connectivity index (χ1) is 7.91. The quantitative estimate of drug-likeness (QED) is 0.552. The number of para-hydroxylation sites is 1. The molecule has 0 heterocycles. The van der Waals surface area contributed by atoms with Crippen LogP contribution < -0.4 is 5.32 Å². The first-order valence-electron chi connectivity index (χ1n) is 4.93. The number of phenols is 1. The Labute approximate surface area is 98.4 Å². The summed E-state index contributed by atoms with van der Waals surface area (Å²) in [7, 11) is 0. The molecule has 17 heavy (non-hydrogen) atoms. The average Bonchev–Trinajstić information content (AvgIpc) is 2.19. The molecule has 1 aromatic rings. The summed E-state index contributed by atoms with van der Waals surface area (Å²) in [6.45, 7) is 3.51. The first kappa shape index (κ1) is 12.8. The smallest absolute Gasteiger partial charge is 0.339 e. The molecule has 0 bridgehead atoms. The highest BCUT2D eigenvalue weighted by Crippen LogP contribution is 2.27. The van der Waals surface area contributed by atoms with Crippen LogP contribution in [0.4, 0.5) is 5.69 Å². The van der Waals surface area contributed by atoms with E-state index in [0.29, 0.717) is 0 Å². The summed E-state index contributed by atoms with van der Waals surface area (Å²) in [6, 6.07) is 4.13. The fourth-order valence-corrected chi connectivity index (χ4v) is 1.25. The summed E-state index contributed by atoms with van der Waals surface area (Å²) in [4.78, 5) is 22.2. The highest BCUT2D eigenvalue weighted by atomic mass is 16.4. The van der Waals surface area contributed by atoms with Gasteiger partial charge in [-0.15, -0.1) is 0 Å². The largest absolute Gasteiger partial charge is 0.505 e. The van der Waals surface area contributed by atoms with Crippen molar-refractivity contribution in [1.29, 1.82) is 0 Å². The van der Waals surface area contributed by atoms with Crippen molar-refractivity contribution in [2.24, 2.45) is 0 Å². The number of anilines is 1. The standard InChI is InChI=1S/C12H13NO4/c1-7(2)6-10(14)13-9-5-3-4-8(11(9)15)12(16)17/h3-6,15H,1-2H3,(H,13,14)(H,16,17). The summed E-state index contributed by atoms with van der Waals surface area (Å²) < 4.78 is 0. The van der Waals surface area contributed by atoms with E-state index in [1.165, 1.54) is 24.3 Å². The van der Waals surface area contributed by atoms with Crippen LogP contribution in [0.15, 0.2) is 29.8 Å². The molecule has 0 saturated carbocycles. The summed E-state index contributed by atoms with van der Waals surface area (Å²) in [5.41, 5.74) is 0.628. The van der Waals surface area contributed by atoms with Crippen LogP contribution in [-0.4, -0.2) is 22.1 Å². The van der Waals surface area contributed by atoms with E-state index in [4.69, 9.17) is 5.11 Å². The Morgan fingerprint density at radius 1 is 1.29 bits per heavy atom. The van der Waals surface area contributed by atoms with Crippen molar-refractivity contribution in [3.63, 3.8) is 0 Å². The van der Waals surface area contributed by atoms with Crippen LogP contribution in [0.25, 0.3) is 0 Å². The van der Waals surface area contributed by atoms with Gasteiger partial charge in [-0.25, -0.2) is 4.79 Å². The molecule has 0 aliphatic heterocycles. The fraction of sp³-hybridized carbons (Fsp3) is 0.167. The molecule has 3 N–H and O–H groups in total. The van der Waals surface area contributed by atoms with Gasteiger partial charge in [0.1, 0.15) is 5.56 Å². The van der Waals surface area contributed by atoms with Crippen molar-refractivity contribution in [2.45, 2.75) is 13.8 Å². The van der Waals surface area contributed by atoms with E-state index in [9.17, 15) is 14.7 Å². The van der Waals surface area contributed by atoms with E-state index >= 15 is 0 Å². The van der Waals surface area contributed by atoms with Gasteiger partial charge in [0.05, 0.1) is 5.69 Å². The maximum absolute atomic E-state index is 11.4. The molecule has 5 heteroatoms. The SMILES string of the molecule is CC(C)=CC(=O)Nc1cccc(C(=O)O)c1O. The number of rotatable bonds is 3. The van der Waals surface area contributed by atoms with Gasteiger partial charge >= 0.3 is 5.97 Å². The van der Waals surface area contributed by atoms with Crippen LogP contribution in [0.2, 0.25) is 0 Å². The Hall–Kier alpha value is -2.30. The second kappa shape index (κ2) is 5.16. The third-order valence-corrected chi connectivity index (χ3v) is 1.94. The zero-order valence-corrected chi connectivity index (χ0v) is 9.52. The molecule has 1 amide bonds. The molecule has 0 aliphatic rings. The van der Waals surface area contributed by atoms with E-state index in [0.717, 1.165) is 5.57 Å². The molecule has 0 aliphatic carbocycles. The van der Waals surface area contributed by atoms with Crippen LogP contribution in [0.3, 0.4) is 0 Å². The molecule has 0 aromatic heterocycles. The van der Waals surface area contributed by atoms with E-state index in [2.05, 4.69) is 5.32 Å². The zero-order chi connectivity index (χ0) is 13.0. The predicted molar refractivity (Wildman–Crippen MR) is 63.1 cm³/mol. The van der Waals surface area contributed by atoms with Gasteiger partial charge in [0, 0.05) is 6.08 Å². The number of hydrogen-bond donors (Lipinski definition) is 3. The highest BCUT2D eigenvalue weighted by Gasteiger charge is 2.13. The van der Waals surface area contributed by atoms with Gasteiger partial charge in [0.2, 0.25) is 5.91 Å². The van der Waals surface area contributed by atoms with Crippen molar-refractivity contribution in [3.05, 3.63) is 35.4 Å². The van der Waals surface area contributed by atoms with E-state index in [1.54, 1.807) is 13.8 Å². The molecule has 0 unspecified atom stereocenters. The number of nitrogens with one attached hydrogen (secondary N) is 1. The summed E-state index contributed by atoms with van der Waals surface area (Å²) in [5, 5.41) is 20.8. The van der Waals surface area contributed by atoms with Crippen molar-refractivity contribution >= 4 is 17.6 Å². The van der Waals surface area contributed by atoms with Crippen LogP contribution in [0.5, 0.6) is 5.75 Å². The molecular formula is C12H13NO4. The monoisotopic (exact) mass is 235 g/mol. The van der Waals surface area contributed by atoms with Gasteiger partial charge in [0.25, 0.3) is 0 Å². The van der Waals surface area contributed by atoms with Gasteiger partial charge in [-0.05, 0) is 26.0 Å². The average molecular weight is 235 g/mol. The van der Waals surface area contributed by atoms with Crippen LogP contribution in [0, 0.1) is 0 Å². The molecule has 1 rings (SSSR count). The maximum atomic E-state index is 11.4. The number of aromatic carboxylic acids is 1. The third kappa shape index (κ3) is 3.34. The number of aromatic hydroxyl groups is 1. The van der Waals surface area contributed by atoms with Crippen molar-refractivity contribution in [3.8, 4) is 5.75 Å². The Bertz CT molecular complexity index is 487. The second-order valence-electron chi connectivity index (χ2n) is 3.72. The highest BCUT2D eigenvalue weighted by molar-refractivity contribution is 6.02. The molecule has 0 saturated heterocycles. The van der Waals surface area contributed by atoms with E-state index < -0.39 is 17.6 Å². The fourth-order valence-electron chi connectivity index (χ4n) is 1.25. The Balaban J connectivity index is 3.01. The van der Waals surface area contributed by atoms with Crippen LogP contribution >= 0.6 is 0 Å². The normalized spacial score (nSPS) is 9.53. The number of carboxylic acids is 1. The van der Waals surface area contributed by atoms with Crippen LogP contribution in [0.1, 0.15) is 24.2 Å². The molecular weight excluding hydrogens is 222 g/mol. The molecule has 0 fully saturated rings. The maximum Gasteiger partial charge on any atom is 0.339 e. The van der Waals surface area contributed by atoms with E-state index in [1.807, 2.05) is 0 Å². The van der Waals surface area contributed by atoms with Gasteiger partial charge in [-0.3, -0.25) is 4.79 Å². The van der Waals surface area contributed by atoms with Crippen molar-refractivity contribution in [2.75, 3.05) is 5.32 Å². The number of carbonyl (C=O) groups excluding carboxylic acids is 1. The Morgan fingerprint density at radius 3 is 2.47 bits per heavy atom. The molecule has 0 atom stereocenters. The first-order valence-corrected chi connectivity index (χ1v) is 4.93. The third-order valence-electron chi connectivity index (χ3n) is 1.94. The number of benzene rings is 1. The molecule has 0 spiro atoms. The molecule has 90 valence electrons. The minimum atomic E-state index is -1.25. The number of carboxylic acid groups (broad SMARTS) is 1. The zero-order valence-electron chi connectivity index (χ0n) is 9.52. The lowest BCUT2D eigenvalue weighted by molar-refractivity contribution is -0.112. The van der Waals surface area contributed by atoms with Gasteiger partial charge < -0.3 is 15.5 Å². The lowest BCUT2D eigenvalue weighted by Crippen LogP contribution is -2.09. The van der Waals surface area contributed by atoms with E-state index in [-0.39, 0.29) is 11.3 Å². The minimum Gasteiger partial charge on any atom is -0.505 e. The topological polar surface area (TPSA) is 86.6 Å². The summed E-state index contributed by atoms with van der Waals surface area (Å²) in [5.74, 6) is -2.11. The Kier molecular flexibility index (Phi) is 3.87. The lowest BCUT2D eigenvalue weighted by Gasteiger charge is -2.07. The minimum absolute atomic E-state index is 0.0763. The van der Waals surface area contributed by atoms with Gasteiger partial charge in [-0.1, -0.05) is 11.6 Å². The number of allylic oxidation sites excluding steroid dienone is 1. The van der Waals surface area contributed by atoms with Crippen molar-refractivity contribution < 1.29 is 19.8 Å². The van der Waals surface area contributed by atoms with Crippen LogP contribution in [-0.2, 0) is 4.79 Å². The number of amides is 1. The number of hydrogen-bond acceptors (Lipinski definition) is 3. The summed E-state index contributed by atoms with van der Waals surface area (Å²) >= 11 is 0. The lowest BCUT2D eigenvalue weighted by atomic mass is 10.1. The Morgan fingerprint density at radius 2 is 1.94 bits per heavy atom. The van der Waals surface area contributed by atoms with Gasteiger partial charge in [-0.2, -0.15) is 0 Å². The summed E-state index contributed by atoms with van der Waals surface area (Å²) in [6.07, 6.45) is 1.35. The molecule has 1 aromatic carbocycles. The number of carbonyl (C=O) groups is 2. The van der Waals surface area contributed by atoms with Crippen molar-refractivity contribution in [1.82, 2.24) is 0 Å². The molecule has 5 nitrogen and oxygen atoms in total. The molecule has 0 radical (unpaired) electrons. The van der Waals surface area contributed by atoms with Gasteiger partial charge in [0.15, 0.2) is 5.75 Å². The second-order valence-corrected chi connectivity index (χ2v) is 3.72. The predicted octanol–water partition coefficient (Wildman–Crippen LogP) is 2.00.